The number of carbonyl (C=O) groups excluding carboxylic acids is 1. The van der Waals surface area contributed by atoms with E-state index >= 15 is 0 Å². The summed E-state index contributed by atoms with van der Waals surface area (Å²) in [5.41, 5.74) is 1.40. The maximum Gasteiger partial charge on any atom is 0.319 e. The molecule has 2 rings (SSSR count). The molecule has 0 spiro atoms. The van der Waals surface area contributed by atoms with Gasteiger partial charge >= 0.3 is 12.0 Å². The van der Waals surface area contributed by atoms with Crippen LogP contribution in [0.3, 0.4) is 0 Å². The number of aliphatic hydroxyl groups excluding tert-OH is 1. The lowest BCUT2D eigenvalue weighted by Crippen LogP contribution is -2.32. The number of carbonyl (C=O) groups is 1. The molecule has 0 aliphatic rings. The van der Waals surface area contributed by atoms with Crippen LogP contribution >= 0.6 is 0 Å². The lowest BCUT2D eigenvalue weighted by atomic mass is 9.99. The minimum atomic E-state index is -2.18. The summed E-state index contributed by atoms with van der Waals surface area (Å²) in [7, 11) is 0. The van der Waals surface area contributed by atoms with Crippen molar-refractivity contribution in [1.82, 2.24) is 0 Å². The van der Waals surface area contributed by atoms with Gasteiger partial charge in [0, 0.05) is 0 Å². The number of rotatable bonds is 9. The van der Waals surface area contributed by atoms with Crippen molar-refractivity contribution < 1.29 is 28.2 Å². The fraction of sp³-hybridized carbons (Fsp3) is 0.227. The first kappa shape index (κ1) is 21.3. The maximum absolute atomic E-state index is 13.6. The second-order valence-corrected chi connectivity index (χ2v) is 5.89. The van der Waals surface area contributed by atoms with Crippen molar-refractivity contribution in [3.63, 3.8) is 0 Å². The third-order valence-electron chi connectivity index (χ3n) is 3.87. The second kappa shape index (κ2) is 11.0. The Bertz CT molecular complexity index is 800. The molecule has 0 aliphatic carbocycles. The molecule has 2 aromatic carbocycles. The van der Waals surface area contributed by atoms with Crippen LogP contribution in [0, 0.1) is 5.92 Å². The highest BCUT2D eigenvalue weighted by Crippen LogP contribution is 2.26. The van der Waals surface area contributed by atoms with E-state index in [4.69, 9.17) is 9.47 Å². The fourth-order valence-electron chi connectivity index (χ4n) is 2.52. The predicted molar refractivity (Wildman–Crippen MR) is 102 cm³/mol. The van der Waals surface area contributed by atoms with Crippen molar-refractivity contribution in [2.75, 3.05) is 6.61 Å². The van der Waals surface area contributed by atoms with Gasteiger partial charge in [-0.25, -0.2) is 0 Å². The van der Waals surface area contributed by atoms with E-state index in [0.717, 1.165) is 5.56 Å². The van der Waals surface area contributed by atoms with Crippen LogP contribution in [-0.4, -0.2) is 23.8 Å². The van der Waals surface area contributed by atoms with E-state index in [0.29, 0.717) is 5.56 Å². The quantitative estimate of drug-likeness (QED) is 0.505. The number of ether oxygens (including phenoxy) is 2. The Labute approximate surface area is 162 Å². The molecule has 0 bridgehead atoms. The maximum atomic E-state index is 13.6. The number of aliphatic hydroxyl groups is 1. The van der Waals surface area contributed by atoms with E-state index in [9.17, 15) is 18.7 Å². The number of benzene rings is 2. The van der Waals surface area contributed by atoms with Crippen LogP contribution in [0.4, 0.5) is 8.78 Å². The van der Waals surface area contributed by atoms with Gasteiger partial charge in [0.2, 0.25) is 0 Å². The number of hydrogen-bond donors (Lipinski definition) is 1. The van der Waals surface area contributed by atoms with Gasteiger partial charge in [-0.1, -0.05) is 72.8 Å². The highest BCUT2D eigenvalue weighted by Gasteiger charge is 2.35. The van der Waals surface area contributed by atoms with E-state index < -0.39 is 29.8 Å². The molecule has 0 amide bonds. The third kappa shape index (κ3) is 6.32. The SMILES string of the molecule is CCOC(=O)[C@@H](C(OCc1ccccc1)=C(F)F)[C@H](O)/C=C/c1ccccc1. The average molecular weight is 388 g/mol. The van der Waals surface area contributed by atoms with Gasteiger partial charge in [-0.05, 0) is 18.1 Å². The van der Waals surface area contributed by atoms with Crippen LogP contribution in [0.1, 0.15) is 18.1 Å². The van der Waals surface area contributed by atoms with E-state index in [1.54, 1.807) is 67.6 Å². The van der Waals surface area contributed by atoms with Gasteiger partial charge in [-0.2, -0.15) is 8.78 Å². The Balaban J connectivity index is 2.24. The standard InChI is InChI=1S/C22H22F2O4/c1-2-27-22(26)19(18(25)14-13-16-9-5-3-6-10-16)20(21(23)24)28-15-17-11-7-4-8-12-17/h3-14,18-19,25H,2,15H2,1H3/b14-13+/t18-,19-/m1/s1. The number of esters is 1. The van der Waals surface area contributed by atoms with Crippen molar-refractivity contribution in [2.45, 2.75) is 19.6 Å². The lowest BCUT2D eigenvalue weighted by Gasteiger charge is -2.21. The zero-order valence-electron chi connectivity index (χ0n) is 15.4. The monoisotopic (exact) mass is 388 g/mol. The Morgan fingerprint density at radius 2 is 1.64 bits per heavy atom. The van der Waals surface area contributed by atoms with Crippen LogP contribution in [0.5, 0.6) is 0 Å². The summed E-state index contributed by atoms with van der Waals surface area (Å²) in [6.07, 6.45) is -0.916. The molecule has 0 aliphatic heterocycles. The predicted octanol–water partition coefficient (Wildman–Crippen LogP) is 4.56. The minimum absolute atomic E-state index is 0.00960. The summed E-state index contributed by atoms with van der Waals surface area (Å²) >= 11 is 0. The molecule has 0 unspecified atom stereocenters. The molecule has 0 saturated carbocycles. The van der Waals surface area contributed by atoms with Crippen molar-refractivity contribution in [3.8, 4) is 0 Å². The highest BCUT2D eigenvalue weighted by atomic mass is 19.3. The molecular formula is C22H22F2O4. The molecule has 0 aromatic heterocycles. The molecule has 4 nitrogen and oxygen atoms in total. The molecular weight excluding hydrogens is 366 g/mol. The smallest absolute Gasteiger partial charge is 0.319 e. The van der Waals surface area contributed by atoms with Gasteiger partial charge in [0.05, 0.1) is 12.7 Å². The van der Waals surface area contributed by atoms with Crippen LogP contribution in [0.15, 0.2) is 78.6 Å². The first-order valence-corrected chi connectivity index (χ1v) is 8.82. The Morgan fingerprint density at radius 3 is 2.21 bits per heavy atom. The summed E-state index contributed by atoms with van der Waals surface area (Å²) in [6.45, 7) is 1.38. The molecule has 0 radical (unpaired) electrons. The molecule has 0 fully saturated rings. The average Bonchev–Trinajstić information content (AvgIpc) is 2.70. The molecule has 2 aromatic rings. The normalized spacial score (nSPS) is 13.0. The van der Waals surface area contributed by atoms with E-state index in [1.807, 2.05) is 6.07 Å². The second-order valence-electron chi connectivity index (χ2n) is 5.89. The molecule has 28 heavy (non-hydrogen) atoms. The molecule has 1 N–H and O–H groups in total. The van der Waals surface area contributed by atoms with E-state index in [1.165, 1.54) is 6.08 Å². The topological polar surface area (TPSA) is 55.8 Å². The van der Waals surface area contributed by atoms with Gasteiger partial charge in [0.25, 0.3) is 0 Å². The van der Waals surface area contributed by atoms with Gasteiger partial charge in [0.1, 0.15) is 12.5 Å². The third-order valence-corrected chi connectivity index (χ3v) is 3.87. The van der Waals surface area contributed by atoms with Gasteiger partial charge in [-0.15, -0.1) is 0 Å². The Hall–Kier alpha value is -2.99. The zero-order valence-corrected chi connectivity index (χ0v) is 15.4. The van der Waals surface area contributed by atoms with Crippen molar-refractivity contribution in [1.29, 1.82) is 0 Å². The molecule has 148 valence electrons. The lowest BCUT2D eigenvalue weighted by molar-refractivity contribution is -0.151. The summed E-state index contributed by atoms with van der Waals surface area (Å²) in [5.74, 6) is -3.55. The van der Waals surface area contributed by atoms with Gasteiger partial charge in [0.15, 0.2) is 5.76 Å². The summed E-state index contributed by atoms with van der Waals surface area (Å²) < 4.78 is 37.3. The number of halogens is 2. The van der Waals surface area contributed by atoms with Gasteiger partial charge in [-0.3, -0.25) is 4.79 Å². The van der Waals surface area contributed by atoms with Crippen LogP contribution in [-0.2, 0) is 20.9 Å². The molecule has 0 heterocycles. The first-order chi connectivity index (χ1) is 13.5. The largest absolute Gasteiger partial charge is 0.487 e. The summed E-state index contributed by atoms with van der Waals surface area (Å²) in [6, 6.07) is 17.7. The minimum Gasteiger partial charge on any atom is -0.487 e. The summed E-state index contributed by atoms with van der Waals surface area (Å²) in [5, 5.41) is 10.4. The summed E-state index contributed by atoms with van der Waals surface area (Å²) in [4.78, 5) is 12.3. The molecule has 0 saturated heterocycles. The van der Waals surface area contributed by atoms with Crippen LogP contribution in [0.2, 0.25) is 0 Å². The van der Waals surface area contributed by atoms with Crippen LogP contribution < -0.4 is 0 Å². The van der Waals surface area contributed by atoms with Crippen molar-refractivity contribution in [3.05, 3.63) is 89.7 Å². The molecule has 6 heteroatoms. The van der Waals surface area contributed by atoms with Gasteiger partial charge < -0.3 is 14.6 Å². The Kier molecular flexibility index (Phi) is 8.37. The number of hydrogen-bond acceptors (Lipinski definition) is 4. The van der Waals surface area contributed by atoms with E-state index in [2.05, 4.69) is 0 Å². The van der Waals surface area contributed by atoms with E-state index in [-0.39, 0.29) is 13.2 Å². The Morgan fingerprint density at radius 1 is 1.04 bits per heavy atom. The fourth-order valence-corrected chi connectivity index (χ4v) is 2.52. The first-order valence-electron chi connectivity index (χ1n) is 8.82. The highest BCUT2D eigenvalue weighted by molar-refractivity contribution is 5.76. The van der Waals surface area contributed by atoms with Crippen molar-refractivity contribution in [2.24, 2.45) is 5.92 Å². The zero-order chi connectivity index (χ0) is 20.4. The van der Waals surface area contributed by atoms with Crippen LogP contribution in [0.25, 0.3) is 6.08 Å². The van der Waals surface area contributed by atoms with Crippen molar-refractivity contribution >= 4 is 12.0 Å². The molecule has 2 atom stereocenters.